The Balaban J connectivity index is 1.80. The van der Waals surface area contributed by atoms with Crippen LogP contribution >= 0.6 is 0 Å². The number of methoxy groups -OCH3 is 1. The Kier molecular flexibility index (Phi) is 6.35. The van der Waals surface area contributed by atoms with Crippen molar-refractivity contribution in [2.45, 2.75) is 64.5 Å². The molecule has 7 heteroatoms. The van der Waals surface area contributed by atoms with E-state index in [0.717, 1.165) is 32.1 Å². The Morgan fingerprint density at radius 2 is 1.76 bits per heavy atom. The lowest BCUT2D eigenvalue weighted by Crippen LogP contribution is -2.42. The van der Waals surface area contributed by atoms with Crippen molar-refractivity contribution in [3.8, 4) is 0 Å². The maximum absolute atomic E-state index is 12.9. The first-order chi connectivity index (χ1) is 13.8. The summed E-state index contributed by atoms with van der Waals surface area (Å²) in [5, 5.41) is 2.68. The molecule has 3 amide bonds. The van der Waals surface area contributed by atoms with Gasteiger partial charge in [0.1, 0.15) is 6.04 Å². The quantitative estimate of drug-likeness (QED) is 0.585. The fraction of sp³-hybridized carbons (Fsp3) is 0.545. The van der Waals surface area contributed by atoms with Gasteiger partial charge >= 0.3 is 5.97 Å². The molecule has 3 rings (SSSR count). The highest BCUT2D eigenvalue weighted by Crippen LogP contribution is 2.31. The van der Waals surface area contributed by atoms with E-state index < -0.39 is 17.9 Å². The predicted molar refractivity (Wildman–Crippen MR) is 107 cm³/mol. The summed E-state index contributed by atoms with van der Waals surface area (Å²) in [6.45, 7) is 3.89. The van der Waals surface area contributed by atoms with Crippen LogP contribution in [0, 0.1) is 5.92 Å². The molecule has 0 spiro atoms. The molecule has 0 radical (unpaired) electrons. The lowest BCUT2D eigenvalue weighted by Gasteiger charge is -2.29. The van der Waals surface area contributed by atoms with E-state index in [4.69, 9.17) is 4.74 Å². The van der Waals surface area contributed by atoms with Gasteiger partial charge in [-0.3, -0.25) is 19.3 Å². The molecule has 0 saturated heterocycles. The highest BCUT2D eigenvalue weighted by molar-refractivity contribution is 6.22. The molecule has 1 aliphatic heterocycles. The molecule has 7 nitrogen and oxygen atoms in total. The Bertz CT molecular complexity index is 826. The zero-order chi connectivity index (χ0) is 21.1. The Morgan fingerprint density at radius 3 is 2.38 bits per heavy atom. The van der Waals surface area contributed by atoms with Gasteiger partial charge < -0.3 is 10.1 Å². The first kappa shape index (κ1) is 21.0. The number of nitrogens with zero attached hydrogens (tertiary/aromatic N) is 1. The molecule has 1 heterocycles. The smallest absolute Gasteiger partial charge is 0.328 e. The lowest BCUT2D eigenvalue weighted by atomic mass is 9.94. The van der Waals surface area contributed by atoms with Crippen LogP contribution in [0.5, 0.6) is 0 Å². The number of carbonyl (C=O) groups excluding carboxylic acids is 4. The van der Waals surface area contributed by atoms with Crippen molar-refractivity contribution in [1.82, 2.24) is 10.2 Å². The topological polar surface area (TPSA) is 92.8 Å². The van der Waals surface area contributed by atoms with E-state index >= 15 is 0 Å². The summed E-state index contributed by atoms with van der Waals surface area (Å²) < 4.78 is 4.78. The summed E-state index contributed by atoms with van der Waals surface area (Å²) in [4.78, 5) is 51.7. The van der Waals surface area contributed by atoms with Crippen molar-refractivity contribution in [2.75, 3.05) is 7.11 Å². The average molecular weight is 400 g/mol. The maximum atomic E-state index is 12.9. The van der Waals surface area contributed by atoms with Gasteiger partial charge in [-0.15, -0.1) is 0 Å². The number of imide groups is 1. The van der Waals surface area contributed by atoms with Gasteiger partial charge in [-0.2, -0.15) is 0 Å². The van der Waals surface area contributed by atoms with Crippen molar-refractivity contribution in [2.24, 2.45) is 5.92 Å². The van der Waals surface area contributed by atoms with E-state index in [-0.39, 0.29) is 34.9 Å². The number of rotatable bonds is 6. The molecule has 2 aliphatic rings. The normalized spacial score (nSPS) is 18.0. The van der Waals surface area contributed by atoms with E-state index in [9.17, 15) is 19.2 Å². The van der Waals surface area contributed by atoms with Crippen molar-refractivity contribution in [3.05, 3.63) is 34.9 Å². The third-order valence-electron chi connectivity index (χ3n) is 5.62. The van der Waals surface area contributed by atoms with Crippen LogP contribution in [0.4, 0.5) is 0 Å². The molecule has 0 bridgehead atoms. The Hall–Kier alpha value is -2.70. The zero-order valence-corrected chi connectivity index (χ0v) is 17.2. The highest BCUT2D eigenvalue weighted by atomic mass is 16.5. The van der Waals surface area contributed by atoms with Gasteiger partial charge in [0, 0.05) is 11.6 Å². The van der Waals surface area contributed by atoms with Crippen LogP contribution in [-0.2, 0) is 9.53 Å². The fourth-order valence-corrected chi connectivity index (χ4v) is 4.14. The number of benzene rings is 1. The molecule has 1 saturated carbocycles. The van der Waals surface area contributed by atoms with Gasteiger partial charge in [0.15, 0.2) is 0 Å². The second-order valence-electron chi connectivity index (χ2n) is 8.21. The molecule has 1 N–H and O–H groups in total. The zero-order valence-electron chi connectivity index (χ0n) is 17.2. The molecule has 1 atom stereocenters. The monoisotopic (exact) mass is 400 g/mol. The van der Waals surface area contributed by atoms with Crippen LogP contribution in [0.1, 0.15) is 83.4 Å². The maximum Gasteiger partial charge on any atom is 0.328 e. The molecular weight excluding hydrogens is 372 g/mol. The summed E-state index contributed by atoms with van der Waals surface area (Å²) in [5.74, 6) is -1.42. The molecule has 1 fully saturated rings. The molecule has 0 unspecified atom stereocenters. The average Bonchev–Trinajstić information content (AvgIpc) is 2.97. The van der Waals surface area contributed by atoms with Crippen LogP contribution in [0.2, 0.25) is 0 Å². The van der Waals surface area contributed by atoms with Crippen LogP contribution in [0.15, 0.2) is 18.2 Å². The number of esters is 1. The fourth-order valence-electron chi connectivity index (χ4n) is 4.14. The minimum Gasteiger partial charge on any atom is -0.467 e. The van der Waals surface area contributed by atoms with Crippen LogP contribution in [0.25, 0.3) is 0 Å². The minimum absolute atomic E-state index is 0.0665. The van der Waals surface area contributed by atoms with Crippen LogP contribution in [0.3, 0.4) is 0 Å². The molecular formula is C22H28N2O5. The van der Waals surface area contributed by atoms with Gasteiger partial charge in [-0.1, -0.05) is 33.1 Å². The highest BCUT2D eigenvalue weighted by Gasteiger charge is 2.40. The van der Waals surface area contributed by atoms with Crippen LogP contribution < -0.4 is 5.32 Å². The summed E-state index contributed by atoms with van der Waals surface area (Å²) in [5.41, 5.74) is 0.837. The summed E-state index contributed by atoms with van der Waals surface area (Å²) in [6.07, 6.45) is 5.24. The summed E-state index contributed by atoms with van der Waals surface area (Å²) in [6, 6.07) is 3.67. The molecule has 0 aromatic heterocycles. The number of amides is 3. The van der Waals surface area contributed by atoms with Gasteiger partial charge in [0.25, 0.3) is 17.7 Å². The summed E-state index contributed by atoms with van der Waals surface area (Å²) in [7, 11) is 1.28. The van der Waals surface area contributed by atoms with Crippen molar-refractivity contribution in [3.63, 3.8) is 0 Å². The number of hydrogen-bond donors (Lipinski definition) is 1. The van der Waals surface area contributed by atoms with Crippen LogP contribution in [-0.4, -0.2) is 47.8 Å². The van der Waals surface area contributed by atoms with E-state index in [1.54, 1.807) is 0 Å². The second-order valence-corrected chi connectivity index (χ2v) is 8.21. The minimum atomic E-state index is -0.767. The predicted octanol–water partition coefficient (Wildman–Crippen LogP) is 2.93. The molecule has 1 aromatic rings. The van der Waals surface area contributed by atoms with Gasteiger partial charge in [0.05, 0.1) is 18.2 Å². The molecule has 156 valence electrons. The molecule has 1 aliphatic carbocycles. The number of ether oxygens (including phenoxy) is 1. The Labute approximate surface area is 170 Å². The first-order valence-corrected chi connectivity index (χ1v) is 10.2. The lowest BCUT2D eigenvalue weighted by molar-refractivity contribution is -0.143. The standard InChI is InChI=1S/C22H28N2O5/c1-13(2)11-18(22(28)29-3)23-19(25)14-9-10-16-17(12-14)21(27)24(20(16)26)15-7-5-4-6-8-15/h9-10,12-13,15,18H,4-8,11H2,1-3H3,(H,23,25)/t18-/m1/s1. The van der Waals surface area contributed by atoms with E-state index in [1.807, 2.05) is 13.8 Å². The first-order valence-electron chi connectivity index (χ1n) is 10.2. The number of carbonyl (C=O) groups is 4. The second kappa shape index (κ2) is 8.76. The van der Waals surface area contributed by atoms with Crippen molar-refractivity contribution < 1.29 is 23.9 Å². The third-order valence-corrected chi connectivity index (χ3v) is 5.62. The van der Waals surface area contributed by atoms with E-state index in [0.29, 0.717) is 12.0 Å². The summed E-state index contributed by atoms with van der Waals surface area (Å²) >= 11 is 0. The molecule has 29 heavy (non-hydrogen) atoms. The van der Waals surface area contributed by atoms with Crippen molar-refractivity contribution in [1.29, 1.82) is 0 Å². The number of nitrogens with one attached hydrogen (secondary N) is 1. The number of fused-ring (bicyclic) bond motifs is 1. The van der Waals surface area contributed by atoms with Gasteiger partial charge in [-0.05, 0) is 43.4 Å². The largest absolute Gasteiger partial charge is 0.467 e. The number of hydrogen-bond acceptors (Lipinski definition) is 5. The Morgan fingerprint density at radius 1 is 1.10 bits per heavy atom. The van der Waals surface area contributed by atoms with Crippen molar-refractivity contribution >= 4 is 23.7 Å². The van der Waals surface area contributed by atoms with E-state index in [1.165, 1.54) is 30.2 Å². The molecule has 1 aromatic carbocycles. The van der Waals surface area contributed by atoms with Gasteiger partial charge in [0.2, 0.25) is 0 Å². The third kappa shape index (κ3) is 4.33. The van der Waals surface area contributed by atoms with Gasteiger partial charge in [-0.25, -0.2) is 4.79 Å². The van der Waals surface area contributed by atoms with E-state index in [2.05, 4.69) is 5.32 Å². The SMILES string of the molecule is COC(=O)[C@@H](CC(C)C)NC(=O)c1ccc2c(c1)C(=O)N(C1CCCCC1)C2=O.